The molecule has 1 rings (SSSR count). The lowest BCUT2D eigenvalue weighted by atomic mass is 9.96. The van der Waals surface area contributed by atoms with E-state index in [9.17, 15) is 0 Å². The summed E-state index contributed by atoms with van der Waals surface area (Å²) >= 11 is 2.03. The molecule has 1 fully saturated rings. The van der Waals surface area contributed by atoms with E-state index in [4.69, 9.17) is 0 Å². The minimum absolute atomic E-state index is 0.880. The van der Waals surface area contributed by atoms with Crippen molar-refractivity contribution in [3.05, 3.63) is 11.0 Å². The van der Waals surface area contributed by atoms with Crippen molar-refractivity contribution in [1.82, 2.24) is 0 Å². The van der Waals surface area contributed by atoms with E-state index in [0.29, 0.717) is 0 Å². The largest absolute Gasteiger partial charge is 0.134 e. The highest BCUT2D eigenvalue weighted by Gasteiger charge is 2.04. The Balaban J connectivity index is 2.14. The molecule has 0 radical (unpaired) electrons. The average molecular weight is 198 g/mol. The third-order valence-electron chi connectivity index (χ3n) is 2.82. The van der Waals surface area contributed by atoms with Crippen LogP contribution < -0.4 is 0 Å². The molecule has 76 valence electrons. The number of hydrogen-bond acceptors (Lipinski definition) is 1. The SMILES string of the molecule is CCC(C)CSC=C1CCCCC1. The molecule has 0 bridgehead atoms. The Morgan fingerprint density at radius 3 is 2.62 bits per heavy atom. The van der Waals surface area contributed by atoms with Gasteiger partial charge in [0.25, 0.3) is 0 Å². The molecule has 1 aliphatic rings. The second kappa shape index (κ2) is 6.53. The zero-order valence-electron chi connectivity index (χ0n) is 9.01. The van der Waals surface area contributed by atoms with Crippen LogP contribution >= 0.6 is 11.8 Å². The Bertz CT molecular complexity index is 153. The van der Waals surface area contributed by atoms with Crippen molar-refractivity contribution in [2.45, 2.75) is 52.4 Å². The summed E-state index contributed by atoms with van der Waals surface area (Å²) in [5.41, 5.74) is 1.71. The monoisotopic (exact) mass is 198 g/mol. The zero-order valence-corrected chi connectivity index (χ0v) is 9.83. The van der Waals surface area contributed by atoms with Gasteiger partial charge in [-0.3, -0.25) is 0 Å². The predicted molar refractivity (Wildman–Crippen MR) is 63.1 cm³/mol. The van der Waals surface area contributed by atoms with Crippen LogP contribution in [0.25, 0.3) is 0 Å². The standard InChI is InChI=1S/C12H22S/c1-3-11(2)9-13-10-12-7-5-4-6-8-12/h10-11H,3-9H2,1-2H3. The van der Waals surface area contributed by atoms with Crippen molar-refractivity contribution in [3.63, 3.8) is 0 Å². The highest BCUT2D eigenvalue weighted by atomic mass is 32.2. The highest BCUT2D eigenvalue weighted by molar-refractivity contribution is 8.02. The van der Waals surface area contributed by atoms with Crippen LogP contribution in [0.4, 0.5) is 0 Å². The van der Waals surface area contributed by atoms with Gasteiger partial charge in [-0.15, -0.1) is 11.8 Å². The fourth-order valence-electron chi connectivity index (χ4n) is 1.57. The van der Waals surface area contributed by atoms with Crippen molar-refractivity contribution in [2.75, 3.05) is 5.75 Å². The molecule has 0 aromatic carbocycles. The third kappa shape index (κ3) is 4.75. The first kappa shape index (κ1) is 11.2. The lowest BCUT2D eigenvalue weighted by Crippen LogP contribution is -1.96. The maximum Gasteiger partial charge on any atom is -0.0000326 e. The van der Waals surface area contributed by atoms with Crippen LogP contribution in [0.2, 0.25) is 0 Å². The van der Waals surface area contributed by atoms with E-state index in [1.54, 1.807) is 5.57 Å². The van der Waals surface area contributed by atoms with Gasteiger partial charge in [0.2, 0.25) is 0 Å². The molecule has 13 heavy (non-hydrogen) atoms. The second-order valence-electron chi connectivity index (χ2n) is 4.18. The number of hydrogen-bond donors (Lipinski definition) is 0. The van der Waals surface area contributed by atoms with E-state index in [2.05, 4.69) is 19.3 Å². The minimum atomic E-state index is 0.880. The molecule has 1 saturated carbocycles. The summed E-state index contributed by atoms with van der Waals surface area (Å²) in [5.74, 6) is 2.19. The van der Waals surface area contributed by atoms with Gasteiger partial charge in [-0.05, 0) is 42.8 Å². The van der Waals surface area contributed by atoms with Crippen LogP contribution in [0, 0.1) is 5.92 Å². The van der Waals surface area contributed by atoms with Crippen LogP contribution in [0.1, 0.15) is 52.4 Å². The summed E-state index contributed by atoms with van der Waals surface area (Å²) in [6.07, 6.45) is 8.36. The molecular formula is C12H22S. The second-order valence-corrected chi connectivity index (χ2v) is 5.09. The molecule has 0 aromatic heterocycles. The predicted octanol–water partition coefficient (Wildman–Crippen LogP) is 4.61. The molecular weight excluding hydrogens is 176 g/mol. The summed E-state index contributed by atoms with van der Waals surface area (Å²) < 4.78 is 0. The Morgan fingerprint density at radius 2 is 2.00 bits per heavy atom. The minimum Gasteiger partial charge on any atom is -0.134 e. The smallest absolute Gasteiger partial charge is 0.0000326 e. The Kier molecular flexibility index (Phi) is 5.61. The van der Waals surface area contributed by atoms with Gasteiger partial charge in [0.1, 0.15) is 0 Å². The van der Waals surface area contributed by atoms with E-state index in [1.807, 2.05) is 11.8 Å². The molecule has 1 atom stereocenters. The molecule has 0 spiro atoms. The molecule has 0 aromatic rings. The Hall–Kier alpha value is 0.0900. The Morgan fingerprint density at radius 1 is 1.31 bits per heavy atom. The fourth-order valence-corrected chi connectivity index (χ4v) is 2.70. The summed E-state index contributed by atoms with van der Waals surface area (Å²) in [6, 6.07) is 0. The van der Waals surface area contributed by atoms with Gasteiger partial charge >= 0.3 is 0 Å². The van der Waals surface area contributed by atoms with Gasteiger partial charge in [0, 0.05) is 0 Å². The molecule has 0 saturated heterocycles. The van der Waals surface area contributed by atoms with E-state index in [0.717, 1.165) is 5.92 Å². The van der Waals surface area contributed by atoms with E-state index < -0.39 is 0 Å². The van der Waals surface area contributed by atoms with Gasteiger partial charge in [0.15, 0.2) is 0 Å². The number of thioether (sulfide) groups is 1. The topological polar surface area (TPSA) is 0 Å². The lowest BCUT2D eigenvalue weighted by molar-refractivity contribution is 0.600. The molecule has 0 N–H and O–H groups in total. The van der Waals surface area contributed by atoms with Gasteiger partial charge in [-0.25, -0.2) is 0 Å². The van der Waals surface area contributed by atoms with E-state index >= 15 is 0 Å². The van der Waals surface area contributed by atoms with Crippen molar-refractivity contribution < 1.29 is 0 Å². The van der Waals surface area contributed by atoms with Crippen LogP contribution in [0.3, 0.4) is 0 Å². The van der Waals surface area contributed by atoms with E-state index in [1.165, 1.54) is 44.3 Å². The molecule has 0 nitrogen and oxygen atoms in total. The maximum atomic E-state index is 2.44. The summed E-state index contributed by atoms with van der Waals surface area (Å²) in [4.78, 5) is 0. The Labute approximate surface area is 87.2 Å². The molecule has 0 heterocycles. The first-order valence-electron chi connectivity index (χ1n) is 5.62. The van der Waals surface area contributed by atoms with E-state index in [-0.39, 0.29) is 0 Å². The quantitative estimate of drug-likeness (QED) is 0.635. The first-order valence-corrected chi connectivity index (χ1v) is 6.67. The van der Waals surface area contributed by atoms with Crippen LogP contribution in [0.5, 0.6) is 0 Å². The molecule has 0 aliphatic heterocycles. The van der Waals surface area contributed by atoms with Gasteiger partial charge < -0.3 is 0 Å². The summed E-state index contributed by atoms with van der Waals surface area (Å²) in [5, 5.41) is 2.44. The van der Waals surface area contributed by atoms with Crippen LogP contribution in [0.15, 0.2) is 11.0 Å². The number of allylic oxidation sites excluding steroid dienone is 1. The van der Waals surface area contributed by atoms with Crippen molar-refractivity contribution in [3.8, 4) is 0 Å². The summed E-state index contributed by atoms with van der Waals surface area (Å²) in [6.45, 7) is 4.62. The molecule has 1 unspecified atom stereocenters. The van der Waals surface area contributed by atoms with Crippen molar-refractivity contribution in [2.24, 2.45) is 5.92 Å². The summed E-state index contributed by atoms with van der Waals surface area (Å²) in [7, 11) is 0. The lowest BCUT2D eigenvalue weighted by Gasteiger charge is -2.13. The molecule has 1 aliphatic carbocycles. The normalized spacial score (nSPS) is 20.0. The van der Waals surface area contributed by atoms with Gasteiger partial charge in [0.05, 0.1) is 0 Å². The van der Waals surface area contributed by atoms with Crippen molar-refractivity contribution >= 4 is 11.8 Å². The van der Waals surface area contributed by atoms with Crippen LogP contribution in [-0.4, -0.2) is 5.75 Å². The highest BCUT2D eigenvalue weighted by Crippen LogP contribution is 2.25. The molecule has 1 heteroatoms. The zero-order chi connectivity index (χ0) is 9.52. The maximum absolute atomic E-state index is 2.44. The molecule has 0 amide bonds. The van der Waals surface area contributed by atoms with Crippen molar-refractivity contribution in [1.29, 1.82) is 0 Å². The third-order valence-corrected chi connectivity index (χ3v) is 4.08. The van der Waals surface area contributed by atoms with Crippen LogP contribution in [-0.2, 0) is 0 Å². The number of rotatable bonds is 4. The average Bonchev–Trinajstić information content (AvgIpc) is 2.19. The van der Waals surface area contributed by atoms with Gasteiger partial charge in [-0.1, -0.05) is 32.3 Å². The van der Waals surface area contributed by atoms with Gasteiger partial charge in [-0.2, -0.15) is 0 Å². The fraction of sp³-hybridized carbons (Fsp3) is 0.833. The first-order chi connectivity index (χ1) is 6.33.